The Bertz CT molecular complexity index is 1230. The molecule has 3 nitrogen and oxygen atoms in total. The normalized spacial score (nSPS) is 11.8. The van der Waals surface area contributed by atoms with E-state index in [1.165, 1.54) is 16.2 Å². The third-order valence-electron chi connectivity index (χ3n) is 4.74. The molecule has 24 heavy (non-hydrogen) atoms. The molecule has 0 amide bonds. The van der Waals surface area contributed by atoms with E-state index in [9.17, 15) is 0 Å². The Morgan fingerprint density at radius 2 is 1.79 bits per heavy atom. The van der Waals surface area contributed by atoms with E-state index in [1.807, 2.05) is 17.8 Å². The standard InChI is InChI=1S/C21H16NO2/c1-13-7-9-16-19-15-6-4-3-5-14(15)8-10-17(19)24-20(16)18(13)21-22(2)11-12-23-21/h3-12H,1-2H3/q+1. The predicted octanol–water partition coefficient (Wildman–Crippen LogP) is 5.13. The molecule has 0 N–H and O–H groups in total. The number of oxazole rings is 1. The van der Waals surface area contributed by atoms with Crippen molar-refractivity contribution in [1.29, 1.82) is 0 Å². The molecule has 0 bridgehead atoms. The van der Waals surface area contributed by atoms with E-state index >= 15 is 0 Å². The Labute approximate surface area is 138 Å². The molecule has 0 spiro atoms. The van der Waals surface area contributed by atoms with Crippen molar-refractivity contribution in [2.45, 2.75) is 6.92 Å². The molecule has 116 valence electrons. The molecule has 0 saturated carbocycles. The Balaban J connectivity index is 2.01. The van der Waals surface area contributed by atoms with Gasteiger partial charge in [-0.2, -0.15) is 4.57 Å². The summed E-state index contributed by atoms with van der Waals surface area (Å²) in [4.78, 5) is 0. The monoisotopic (exact) mass is 314 g/mol. The molecule has 3 heteroatoms. The van der Waals surface area contributed by atoms with Crippen LogP contribution in [0.3, 0.4) is 0 Å². The Morgan fingerprint density at radius 1 is 0.917 bits per heavy atom. The molecule has 0 fully saturated rings. The fourth-order valence-corrected chi connectivity index (χ4v) is 3.55. The molecule has 2 aromatic heterocycles. The number of hydrogen-bond acceptors (Lipinski definition) is 2. The Kier molecular flexibility index (Phi) is 2.63. The summed E-state index contributed by atoms with van der Waals surface area (Å²) < 4.78 is 14.0. The number of furan rings is 1. The zero-order valence-corrected chi connectivity index (χ0v) is 13.5. The van der Waals surface area contributed by atoms with Gasteiger partial charge in [0, 0.05) is 10.8 Å². The van der Waals surface area contributed by atoms with E-state index in [-0.39, 0.29) is 0 Å². The van der Waals surface area contributed by atoms with E-state index in [2.05, 4.69) is 55.5 Å². The van der Waals surface area contributed by atoms with Crippen LogP contribution in [-0.4, -0.2) is 0 Å². The van der Waals surface area contributed by atoms with Crippen LogP contribution >= 0.6 is 0 Å². The number of aryl methyl sites for hydroxylation is 2. The van der Waals surface area contributed by atoms with Gasteiger partial charge in [0.1, 0.15) is 18.2 Å². The highest BCUT2D eigenvalue weighted by atomic mass is 16.4. The molecule has 0 aliphatic carbocycles. The second-order valence-corrected chi connectivity index (χ2v) is 6.22. The second kappa shape index (κ2) is 4.71. The zero-order valence-electron chi connectivity index (χ0n) is 13.5. The number of rotatable bonds is 1. The maximum absolute atomic E-state index is 6.28. The lowest BCUT2D eigenvalue weighted by Crippen LogP contribution is -2.27. The van der Waals surface area contributed by atoms with Gasteiger partial charge in [0.2, 0.25) is 6.20 Å². The lowest BCUT2D eigenvalue weighted by Gasteiger charge is -2.01. The fraction of sp³-hybridized carbons (Fsp3) is 0.0952. The van der Waals surface area contributed by atoms with E-state index < -0.39 is 0 Å². The van der Waals surface area contributed by atoms with Crippen LogP contribution in [0.2, 0.25) is 0 Å². The van der Waals surface area contributed by atoms with Gasteiger partial charge in [0.25, 0.3) is 0 Å². The molecule has 0 atom stereocenters. The SMILES string of the molecule is Cc1ccc2c(oc3ccc4ccccc4c32)c1-c1occ[n+]1C. The van der Waals surface area contributed by atoms with Crippen LogP contribution in [0.15, 0.2) is 69.8 Å². The first-order valence-electron chi connectivity index (χ1n) is 8.01. The van der Waals surface area contributed by atoms with E-state index in [0.717, 1.165) is 33.6 Å². The molecule has 0 saturated heterocycles. The Hall–Kier alpha value is -3.07. The number of benzene rings is 3. The van der Waals surface area contributed by atoms with Gasteiger partial charge in [0.05, 0.1) is 0 Å². The molecule has 3 aromatic carbocycles. The van der Waals surface area contributed by atoms with Crippen LogP contribution < -0.4 is 4.57 Å². The van der Waals surface area contributed by atoms with Gasteiger partial charge in [-0.05, 0) is 29.3 Å². The molecule has 0 unspecified atom stereocenters. The summed E-state index contributed by atoms with van der Waals surface area (Å²) in [5.41, 5.74) is 3.94. The third-order valence-corrected chi connectivity index (χ3v) is 4.74. The van der Waals surface area contributed by atoms with Gasteiger partial charge in [-0.15, -0.1) is 0 Å². The van der Waals surface area contributed by atoms with Crippen LogP contribution in [-0.2, 0) is 7.05 Å². The molecule has 0 aliphatic rings. The van der Waals surface area contributed by atoms with Crippen molar-refractivity contribution in [1.82, 2.24) is 0 Å². The van der Waals surface area contributed by atoms with Crippen molar-refractivity contribution in [3.63, 3.8) is 0 Å². The second-order valence-electron chi connectivity index (χ2n) is 6.22. The summed E-state index contributed by atoms with van der Waals surface area (Å²) in [6.45, 7) is 2.09. The fourth-order valence-electron chi connectivity index (χ4n) is 3.55. The molecule has 2 heterocycles. The number of nitrogens with zero attached hydrogens (tertiary/aromatic N) is 1. The van der Waals surface area contributed by atoms with Gasteiger partial charge in [0.15, 0.2) is 11.8 Å². The highest BCUT2D eigenvalue weighted by Gasteiger charge is 2.24. The van der Waals surface area contributed by atoms with E-state index in [4.69, 9.17) is 8.83 Å². The number of aromatic nitrogens is 1. The molecule has 0 aliphatic heterocycles. The van der Waals surface area contributed by atoms with Crippen LogP contribution in [0.5, 0.6) is 0 Å². The average molecular weight is 314 g/mol. The van der Waals surface area contributed by atoms with Gasteiger partial charge in [-0.3, -0.25) is 0 Å². The first-order valence-corrected chi connectivity index (χ1v) is 8.01. The smallest absolute Gasteiger partial charge is 0.384 e. The molecule has 0 radical (unpaired) electrons. The van der Waals surface area contributed by atoms with E-state index in [1.54, 1.807) is 6.26 Å². The summed E-state index contributed by atoms with van der Waals surface area (Å²) in [7, 11) is 1.98. The minimum atomic E-state index is 0.807. The molecular formula is C21H16NO2+. The highest BCUT2D eigenvalue weighted by Crippen LogP contribution is 2.39. The van der Waals surface area contributed by atoms with Crippen LogP contribution in [0.25, 0.3) is 44.2 Å². The van der Waals surface area contributed by atoms with Crippen LogP contribution in [0.1, 0.15) is 5.56 Å². The van der Waals surface area contributed by atoms with Gasteiger partial charge < -0.3 is 8.83 Å². The summed E-state index contributed by atoms with van der Waals surface area (Å²) in [5.74, 6) is 0.807. The van der Waals surface area contributed by atoms with Crippen molar-refractivity contribution in [2.75, 3.05) is 0 Å². The lowest BCUT2D eigenvalue weighted by molar-refractivity contribution is -0.662. The van der Waals surface area contributed by atoms with Gasteiger partial charge in [-0.1, -0.05) is 42.5 Å². The first kappa shape index (κ1) is 13.4. The van der Waals surface area contributed by atoms with Crippen molar-refractivity contribution in [3.05, 3.63) is 66.6 Å². The summed E-state index contributed by atoms with van der Waals surface area (Å²) in [6.07, 6.45) is 3.61. The molecular weight excluding hydrogens is 298 g/mol. The maximum atomic E-state index is 6.28. The van der Waals surface area contributed by atoms with Gasteiger partial charge in [-0.25, -0.2) is 0 Å². The van der Waals surface area contributed by atoms with Crippen molar-refractivity contribution in [2.24, 2.45) is 7.05 Å². The Morgan fingerprint density at radius 3 is 2.62 bits per heavy atom. The van der Waals surface area contributed by atoms with Crippen molar-refractivity contribution in [3.8, 4) is 11.5 Å². The van der Waals surface area contributed by atoms with E-state index in [0.29, 0.717) is 0 Å². The highest BCUT2D eigenvalue weighted by molar-refractivity contribution is 6.20. The lowest BCUT2D eigenvalue weighted by atomic mass is 10.0. The molecule has 5 aromatic rings. The van der Waals surface area contributed by atoms with Gasteiger partial charge >= 0.3 is 5.89 Å². The summed E-state index contributed by atoms with van der Waals surface area (Å²) >= 11 is 0. The maximum Gasteiger partial charge on any atom is 0.384 e. The topological polar surface area (TPSA) is 30.2 Å². The summed E-state index contributed by atoms with van der Waals surface area (Å²) in [5, 5.41) is 4.73. The zero-order chi connectivity index (χ0) is 16.3. The van der Waals surface area contributed by atoms with Crippen LogP contribution in [0, 0.1) is 6.92 Å². The average Bonchev–Trinajstić information content (AvgIpc) is 3.18. The number of fused-ring (bicyclic) bond motifs is 5. The van der Waals surface area contributed by atoms with Crippen molar-refractivity contribution < 1.29 is 13.4 Å². The molecule has 5 rings (SSSR count). The number of hydrogen-bond donors (Lipinski definition) is 0. The predicted molar refractivity (Wildman–Crippen MR) is 94.8 cm³/mol. The van der Waals surface area contributed by atoms with Crippen LogP contribution in [0.4, 0.5) is 0 Å². The largest absolute Gasteiger partial charge is 0.455 e. The first-order chi connectivity index (χ1) is 11.7. The minimum Gasteiger partial charge on any atom is -0.455 e. The quantitative estimate of drug-likeness (QED) is 0.401. The minimum absolute atomic E-state index is 0.807. The third kappa shape index (κ3) is 1.69. The summed E-state index contributed by atoms with van der Waals surface area (Å²) in [6, 6.07) is 16.9. The van der Waals surface area contributed by atoms with Crippen molar-refractivity contribution >= 4 is 32.7 Å².